The summed E-state index contributed by atoms with van der Waals surface area (Å²) in [5.41, 5.74) is -0.810. The van der Waals surface area contributed by atoms with Gasteiger partial charge in [-0.25, -0.2) is 4.79 Å². The van der Waals surface area contributed by atoms with Crippen molar-refractivity contribution in [3.63, 3.8) is 0 Å². The Balaban J connectivity index is 2.17. The lowest BCUT2D eigenvalue weighted by molar-refractivity contribution is 0.0335. The first-order valence-corrected chi connectivity index (χ1v) is 5.73. The first-order chi connectivity index (χ1) is 8.63. The van der Waals surface area contributed by atoms with Gasteiger partial charge in [-0.2, -0.15) is 0 Å². The number of aryl methyl sites for hydroxylation is 1. The standard InChI is InChI=1S/C13H12O5/c14-12(15)8-3-6-18-11(8)13(16)5-1-2-10-9(13)4-7-17-10/h3-4,6-7,16H,1-2,5H2,(H,14,15). The molecule has 1 unspecified atom stereocenters. The van der Waals surface area contributed by atoms with Crippen LogP contribution in [0.15, 0.2) is 33.5 Å². The van der Waals surface area contributed by atoms with Crippen molar-refractivity contribution in [1.29, 1.82) is 0 Å². The monoisotopic (exact) mass is 248 g/mol. The lowest BCUT2D eigenvalue weighted by Crippen LogP contribution is -2.32. The second-order valence-corrected chi connectivity index (χ2v) is 4.44. The third kappa shape index (κ3) is 1.41. The van der Waals surface area contributed by atoms with Gasteiger partial charge in [-0.3, -0.25) is 0 Å². The largest absolute Gasteiger partial charge is 0.478 e. The van der Waals surface area contributed by atoms with E-state index in [4.69, 9.17) is 13.9 Å². The average Bonchev–Trinajstić information content (AvgIpc) is 2.98. The van der Waals surface area contributed by atoms with Gasteiger partial charge < -0.3 is 19.0 Å². The number of fused-ring (bicyclic) bond motifs is 1. The van der Waals surface area contributed by atoms with Gasteiger partial charge in [0.1, 0.15) is 11.3 Å². The summed E-state index contributed by atoms with van der Waals surface area (Å²) in [6.07, 6.45) is 4.67. The predicted octanol–water partition coefficient (Wildman–Crippen LogP) is 2.14. The van der Waals surface area contributed by atoms with Crippen molar-refractivity contribution < 1.29 is 23.8 Å². The van der Waals surface area contributed by atoms with Gasteiger partial charge in [0.05, 0.1) is 12.5 Å². The Morgan fingerprint density at radius 2 is 2.06 bits per heavy atom. The number of hydrogen-bond acceptors (Lipinski definition) is 4. The van der Waals surface area contributed by atoms with Crippen molar-refractivity contribution in [3.8, 4) is 0 Å². The quantitative estimate of drug-likeness (QED) is 0.850. The van der Waals surface area contributed by atoms with Gasteiger partial charge in [0.15, 0.2) is 11.4 Å². The minimum absolute atomic E-state index is 0.00782. The maximum absolute atomic E-state index is 11.1. The molecule has 0 aromatic carbocycles. The van der Waals surface area contributed by atoms with E-state index in [0.717, 1.165) is 12.8 Å². The predicted molar refractivity (Wildman–Crippen MR) is 60.3 cm³/mol. The van der Waals surface area contributed by atoms with Crippen molar-refractivity contribution in [2.75, 3.05) is 0 Å². The molecule has 2 N–H and O–H groups in total. The highest BCUT2D eigenvalue weighted by molar-refractivity contribution is 5.89. The van der Waals surface area contributed by atoms with Gasteiger partial charge in [0.2, 0.25) is 0 Å². The number of carboxylic acid groups (broad SMARTS) is 1. The minimum atomic E-state index is -1.40. The Morgan fingerprint density at radius 1 is 1.28 bits per heavy atom. The van der Waals surface area contributed by atoms with Crippen LogP contribution in [0.2, 0.25) is 0 Å². The maximum Gasteiger partial charge on any atom is 0.339 e. The third-order valence-electron chi connectivity index (χ3n) is 3.40. The van der Waals surface area contributed by atoms with E-state index >= 15 is 0 Å². The molecule has 2 heterocycles. The van der Waals surface area contributed by atoms with Crippen LogP contribution < -0.4 is 0 Å². The molecule has 1 atom stereocenters. The zero-order chi connectivity index (χ0) is 12.8. The van der Waals surface area contributed by atoms with Crippen LogP contribution in [0.1, 0.15) is 40.3 Å². The van der Waals surface area contributed by atoms with Gasteiger partial charge in [0, 0.05) is 12.0 Å². The Hall–Kier alpha value is -2.01. The molecule has 5 heteroatoms. The summed E-state index contributed by atoms with van der Waals surface area (Å²) < 4.78 is 10.5. The Morgan fingerprint density at radius 3 is 2.83 bits per heavy atom. The van der Waals surface area contributed by atoms with Crippen molar-refractivity contribution in [1.82, 2.24) is 0 Å². The molecule has 0 saturated heterocycles. The summed E-state index contributed by atoms with van der Waals surface area (Å²) in [7, 11) is 0. The summed E-state index contributed by atoms with van der Waals surface area (Å²) in [6.45, 7) is 0. The van der Waals surface area contributed by atoms with E-state index in [1.807, 2.05) is 0 Å². The van der Waals surface area contributed by atoms with Gasteiger partial charge >= 0.3 is 5.97 Å². The Kier molecular flexibility index (Phi) is 2.31. The van der Waals surface area contributed by atoms with Crippen LogP contribution in [0.5, 0.6) is 0 Å². The van der Waals surface area contributed by atoms with Crippen molar-refractivity contribution in [2.24, 2.45) is 0 Å². The van der Waals surface area contributed by atoms with E-state index in [0.29, 0.717) is 17.7 Å². The zero-order valence-corrected chi connectivity index (χ0v) is 9.55. The van der Waals surface area contributed by atoms with Crippen LogP contribution in [-0.4, -0.2) is 16.2 Å². The first-order valence-electron chi connectivity index (χ1n) is 5.73. The molecule has 0 spiro atoms. The smallest absolute Gasteiger partial charge is 0.339 e. The van der Waals surface area contributed by atoms with E-state index < -0.39 is 11.6 Å². The molecular formula is C13H12O5. The van der Waals surface area contributed by atoms with Crippen LogP contribution in [0.4, 0.5) is 0 Å². The van der Waals surface area contributed by atoms with E-state index in [1.54, 1.807) is 6.07 Å². The summed E-state index contributed by atoms with van der Waals surface area (Å²) in [4.78, 5) is 11.1. The number of furan rings is 2. The van der Waals surface area contributed by atoms with Crippen molar-refractivity contribution in [2.45, 2.75) is 24.9 Å². The summed E-state index contributed by atoms with van der Waals surface area (Å²) in [6, 6.07) is 3.02. The molecule has 18 heavy (non-hydrogen) atoms. The van der Waals surface area contributed by atoms with E-state index in [-0.39, 0.29) is 11.3 Å². The number of aliphatic hydroxyl groups is 1. The summed E-state index contributed by atoms with van der Waals surface area (Å²) in [5.74, 6) is -0.336. The van der Waals surface area contributed by atoms with Crippen molar-refractivity contribution in [3.05, 3.63) is 47.3 Å². The second kappa shape index (κ2) is 3.74. The topological polar surface area (TPSA) is 83.8 Å². The van der Waals surface area contributed by atoms with E-state index in [2.05, 4.69) is 0 Å². The lowest BCUT2D eigenvalue weighted by Gasteiger charge is -2.30. The molecule has 2 aromatic heterocycles. The second-order valence-electron chi connectivity index (χ2n) is 4.44. The molecule has 5 nitrogen and oxygen atoms in total. The van der Waals surface area contributed by atoms with E-state index in [1.165, 1.54) is 18.6 Å². The normalized spacial score (nSPS) is 22.7. The number of carbonyl (C=O) groups is 1. The molecule has 0 bridgehead atoms. The van der Waals surface area contributed by atoms with Gasteiger partial charge in [-0.05, 0) is 25.0 Å². The van der Waals surface area contributed by atoms with Crippen molar-refractivity contribution >= 4 is 5.97 Å². The molecule has 3 rings (SSSR count). The average molecular weight is 248 g/mol. The van der Waals surface area contributed by atoms with E-state index in [9.17, 15) is 9.90 Å². The van der Waals surface area contributed by atoms with Gasteiger partial charge in [0.25, 0.3) is 0 Å². The molecule has 2 aromatic rings. The molecular weight excluding hydrogens is 236 g/mol. The highest BCUT2D eigenvalue weighted by Gasteiger charge is 2.43. The summed E-state index contributed by atoms with van der Waals surface area (Å²) >= 11 is 0. The number of aromatic carboxylic acids is 1. The third-order valence-corrected chi connectivity index (χ3v) is 3.40. The van der Waals surface area contributed by atoms with Crippen LogP contribution in [0.3, 0.4) is 0 Å². The Bertz CT molecular complexity index is 594. The first kappa shape index (κ1) is 11.1. The molecule has 94 valence electrons. The SMILES string of the molecule is O=C(O)c1ccoc1C1(O)CCCc2occc21. The fourth-order valence-electron chi connectivity index (χ4n) is 2.58. The fourth-order valence-corrected chi connectivity index (χ4v) is 2.58. The maximum atomic E-state index is 11.1. The van der Waals surface area contributed by atoms with Crippen LogP contribution in [-0.2, 0) is 12.0 Å². The van der Waals surface area contributed by atoms with Gasteiger partial charge in [-0.1, -0.05) is 0 Å². The molecule has 0 aliphatic heterocycles. The lowest BCUT2D eigenvalue weighted by atomic mass is 9.80. The molecule has 0 saturated carbocycles. The molecule has 1 aliphatic rings. The van der Waals surface area contributed by atoms with Crippen LogP contribution >= 0.6 is 0 Å². The zero-order valence-electron chi connectivity index (χ0n) is 9.55. The molecule has 1 aliphatic carbocycles. The highest BCUT2D eigenvalue weighted by atomic mass is 16.4. The molecule has 0 amide bonds. The van der Waals surface area contributed by atoms with Gasteiger partial charge in [-0.15, -0.1) is 0 Å². The highest BCUT2D eigenvalue weighted by Crippen LogP contribution is 2.42. The van der Waals surface area contributed by atoms with Crippen LogP contribution in [0, 0.1) is 0 Å². The number of rotatable bonds is 2. The van der Waals surface area contributed by atoms with Crippen LogP contribution in [0.25, 0.3) is 0 Å². The molecule has 0 radical (unpaired) electrons. The number of carboxylic acids is 1. The Labute approximate surface area is 103 Å². The fraction of sp³-hybridized carbons (Fsp3) is 0.308. The molecule has 0 fully saturated rings. The summed E-state index contributed by atoms with van der Waals surface area (Å²) in [5, 5.41) is 19.9. The number of hydrogen-bond donors (Lipinski definition) is 2. The minimum Gasteiger partial charge on any atom is -0.478 e.